The Bertz CT molecular complexity index is 702. The highest BCUT2D eigenvalue weighted by atomic mass is 16.1. The molecule has 0 saturated heterocycles. The summed E-state index contributed by atoms with van der Waals surface area (Å²) >= 11 is 0. The van der Waals surface area contributed by atoms with Gasteiger partial charge >= 0.3 is 0 Å². The van der Waals surface area contributed by atoms with Gasteiger partial charge < -0.3 is 0 Å². The second-order valence-electron chi connectivity index (χ2n) is 4.25. The molecular formula is C16H12N2O. The Hall–Kier alpha value is -2.68. The summed E-state index contributed by atoms with van der Waals surface area (Å²) in [6, 6.07) is 18.2. The number of benzene rings is 2. The van der Waals surface area contributed by atoms with Crippen LogP contribution in [0.1, 0.15) is 10.4 Å². The van der Waals surface area contributed by atoms with Gasteiger partial charge in [0.25, 0.3) is 0 Å². The molecule has 2 aromatic carbocycles. The van der Waals surface area contributed by atoms with Crippen molar-refractivity contribution in [2.24, 2.45) is 0 Å². The Kier molecular flexibility index (Phi) is 2.94. The van der Waals surface area contributed by atoms with Crippen LogP contribution in [0.15, 0.2) is 67.0 Å². The van der Waals surface area contributed by atoms with E-state index in [2.05, 4.69) is 29.4 Å². The Morgan fingerprint density at radius 3 is 2.47 bits per heavy atom. The molecule has 0 unspecified atom stereocenters. The summed E-state index contributed by atoms with van der Waals surface area (Å²) < 4.78 is 1.70. The standard InChI is InChI=1S/C16H12N2O/c19-12-13-10-17-18(11-13)16-8-4-7-15(9-16)14-5-2-1-3-6-14/h1-12H. The van der Waals surface area contributed by atoms with Crippen LogP contribution >= 0.6 is 0 Å². The number of rotatable bonds is 3. The fourth-order valence-corrected chi connectivity index (χ4v) is 2.00. The van der Waals surface area contributed by atoms with Crippen LogP contribution in [0.3, 0.4) is 0 Å². The summed E-state index contributed by atoms with van der Waals surface area (Å²) in [5.41, 5.74) is 3.80. The van der Waals surface area contributed by atoms with Crippen molar-refractivity contribution in [1.82, 2.24) is 9.78 Å². The van der Waals surface area contributed by atoms with Gasteiger partial charge in [-0.05, 0) is 23.3 Å². The Labute approximate surface area is 111 Å². The van der Waals surface area contributed by atoms with Gasteiger partial charge in [0.15, 0.2) is 6.29 Å². The molecule has 19 heavy (non-hydrogen) atoms. The lowest BCUT2D eigenvalue weighted by atomic mass is 10.1. The minimum Gasteiger partial charge on any atom is -0.298 e. The molecule has 0 amide bonds. The Morgan fingerprint density at radius 2 is 1.74 bits per heavy atom. The van der Waals surface area contributed by atoms with E-state index < -0.39 is 0 Å². The Balaban J connectivity index is 2.02. The molecule has 3 heteroatoms. The number of aromatic nitrogens is 2. The maximum atomic E-state index is 10.7. The van der Waals surface area contributed by atoms with Crippen molar-refractivity contribution in [3.05, 3.63) is 72.6 Å². The molecule has 1 aromatic heterocycles. The maximum Gasteiger partial charge on any atom is 0.153 e. The predicted molar refractivity (Wildman–Crippen MR) is 74.4 cm³/mol. The summed E-state index contributed by atoms with van der Waals surface area (Å²) in [7, 11) is 0. The van der Waals surface area contributed by atoms with E-state index >= 15 is 0 Å². The first-order valence-electron chi connectivity index (χ1n) is 6.02. The zero-order valence-electron chi connectivity index (χ0n) is 10.2. The van der Waals surface area contributed by atoms with E-state index in [0.29, 0.717) is 5.56 Å². The molecule has 0 radical (unpaired) electrons. The molecule has 0 spiro atoms. The van der Waals surface area contributed by atoms with Crippen LogP contribution in [0.2, 0.25) is 0 Å². The largest absolute Gasteiger partial charge is 0.298 e. The molecule has 0 aliphatic heterocycles. The summed E-state index contributed by atoms with van der Waals surface area (Å²) in [6.45, 7) is 0. The first-order valence-corrected chi connectivity index (χ1v) is 6.02. The second kappa shape index (κ2) is 4.90. The van der Waals surface area contributed by atoms with Gasteiger partial charge in [0.1, 0.15) is 0 Å². The highest BCUT2D eigenvalue weighted by Crippen LogP contribution is 2.21. The molecular weight excluding hydrogens is 236 g/mol. The third kappa shape index (κ3) is 2.31. The van der Waals surface area contributed by atoms with E-state index in [1.54, 1.807) is 17.1 Å². The zero-order valence-corrected chi connectivity index (χ0v) is 10.2. The van der Waals surface area contributed by atoms with Gasteiger partial charge in [0, 0.05) is 6.20 Å². The van der Waals surface area contributed by atoms with Crippen molar-refractivity contribution in [3.8, 4) is 16.8 Å². The van der Waals surface area contributed by atoms with E-state index in [4.69, 9.17) is 0 Å². The molecule has 3 rings (SSSR count). The lowest BCUT2D eigenvalue weighted by molar-refractivity contribution is 0.112. The third-order valence-corrected chi connectivity index (χ3v) is 2.96. The number of nitrogens with zero attached hydrogens (tertiary/aromatic N) is 2. The van der Waals surface area contributed by atoms with Crippen LogP contribution in [0.25, 0.3) is 16.8 Å². The summed E-state index contributed by atoms with van der Waals surface area (Å²) in [5, 5.41) is 4.18. The number of hydrogen-bond acceptors (Lipinski definition) is 2. The summed E-state index contributed by atoms with van der Waals surface area (Å²) in [5.74, 6) is 0. The smallest absolute Gasteiger partial charge is 0.153 e. The highest BCUT2D eigenvalue weighted by Gasteiger charge is 2.02. The average molecular weight is 248 g/mol. The van der Waals surface area contributed by atoms with Crippen molar-refractivity contribution >= 4 is 6.29 Å². The molecule has 0 saturated carbocycles. The quantitative estimate of drug-likeness (QED) is 0.666. The maximum absolute atomic E-state index is 10.7. The minimum absolute atomic E-state index is 0.574. The molecule has 0 aliphatic rings. The van der Waals surface area contributed by atoms with Crippen molar-refractivity contribution in [2.45, 2.75) is 0 Å². The zero-order chi connectivity index (χ0) is 13.1. The van der Waals surface area contributed by atoms with Crippen LogP contribution in [0.4, 0.5) is 0 Å². The molecule has 0 N–H and O–H groups in total. The number of carbonyl (C=O) groups excluding carboxylic acids is 1. The van der Waals surface area contributed by atoms with Crippen molar-refractivity contribution in [2.75, 3.05) is 0 Å². The first kappa shape index (κ1) is 11.4. The van der Waals surface area contributed by atoms with Gasteiger partial charge in [-0.1, -0.05) is 42.5 Å². The van der Waals surface area contributed by atoms with E-state index in [1.165, 1.54) is 0 Å². The first-order chi connectivity index (χ1) is 9.36. The number of hydrogen-bond donors (Lipinski definition) is 0. The molecule has 3 nitrogen and oxygen atoms in total. The van der Waals surface area contributed by atoms with Gasteiger partial charge in [0.05, 0.1) is 17.4 Å². The molecule has 3 aromatic rings. The van der Waals surface area contributed by atoms with Crippen molar-refractivity contribution in [1.29, 1.82) is 0 Å². The van der Waals surface area contributed by atoms with E-state index in [9.17, 15) is 4.79 Å². The topological polar surface area (TPSA) is 34.9 Å². The summed E-state index contributed by atoms with van der Waals surface area (Å²) in [4.78, 5) is 10.7. The van der Waals surface area contributed by atoms with Crippen LogP contribution in [0.5, 0.6) is 0 Å². The van der Waals surface area contributed by atoms with Gasteiger partial charge in [-0.3, -0.25) is 4.79 Å². The normalized spacial score (nSPS) is 10.3. The predicted octanol–water partition coefficient (Wildman–Crippen LogP) is 3.35. The second-order valence-corrected chi connectivity index (χ2v) is 4.25. The SMILES string of the molecule is O=Cc1cnn(-c2cccc(-c3ccccc3)c2)c1. The van der Waals surface area contributed by atoms with Crippen LogP contribution in [-0.4, -0.2) is 16.1 Å². The van der Waals surface area contributed by atoms with Crippen molar-refractivity contribution < 1.29 is 4.79 Å². The molecule has 0 aliphatic carbocycles. The van der Waals surface area contributed by atoms with E-state index in [1.807, 2.05) is 30.3 Å². The lowest BCUT2D eigenvalue weighted by Gasteiger charge is -2.05. The highest BCUT2D eigenvalue weighted by molar-refractivity contribution is 5.74. The molecule has 0 atom stereocenters. The van der Waals surface area contributed by atoms with Gasteiger partial charge in [-0.2, -0.15) is 5.10 Å². The monoisotopic (exact) mass is 248 g/mol. The van der Waals surface area contributed by atoms with Crippen LogP contribution in [0, 0.1) is 0 Å². The molecule has 0 fully saturated rings. The molecule has 1 heterocycles. The fraction of sp³-hybridized carbons (Fsp3) is 0. The minimum atomic E-state index is 0.574. The summed E-state index contributed by atoms with van der Waals surface area (Å²) in [6.07, 6.45) is 4.07. The van der Waals surface area contributed by atoms with E-state index in [0.717, 1.165) is 23.1 Å². The Morgan fingerprint density at radius 1 is 0.947 bits per heavy atom. The lowest BCUT2D eigenvalue weighted by Crippen LogP contribution is -1.94. The third-order valence-electron chi connectivity index (χ3n) is 2.96. The van der Waals surface area contributed by atoms with Gasteiger partial charge in [0.2, 0.25) is 0 Å². The van der Waals surface area contributed by atoms with Crippen LogP contribution < -0.4 is 0 Å². The molecule has 0 bridgehead atoms. The van der Waals surface area contributed by atoms with Gasteiger partial charge in [-0.15, -0.1) is 0 Å². The number of carbonyl (C=O) groups is 1. The number of aldehydes is 1. The van der Waals surface area contributed by atoms with E-state index in [-0.39, 0.29) is 0 Å². The van der Waals surface area contributed by atoms with Crippen LogP contribution in [-0.2, 0) is 0 Å². The average Bonchev–Trinajstić information content (AvgIpc) is 2.97. The molecule has 92 valence electrons. The van der Waals surface area contributed by atoms with Crippen molar-refractivity contribution in [3.63, 3.8) is 0 Å². The van der Waals surface area contributed by atoms with Gasteiger partial charge in [-0.25, -0.2) is 4.68 Å². The fourth-order valence-electron chi connectivity index (χ4n) is 2.00.